The Morgan fingerprint density at radius 1 is 1.19 bits per heavy atom. The molecule has 1 rings (SSSR count). The summed E-state index contributed by atoms with van der Waals surface area (Å²) in [4.78, 5) is 0. The second kappa shape index (κ2) is 5.99. The van der Waals surface area contributed by atoms with Crippen LogP contribution in [0.2, 0.25) is 0 Å². The summed E-state index contributed by atoms with van der Waals surface area (Å²) in [6.45, 7) is -4.79. The number of aliphatic hydroxyl groups is 2. The number of rotatable bonds is 6. The average Bonchev–Trinajstić information content (AvgIpc) is 2.32. The zero-order valence-corrected chi connectivity index (χ0v) is 9.20. The van der Waals surface area contributed by atoms with Crippen molar-refractivity contribution < 1.29 is 18.4 Å². The number of nitrogens with two attached hydrogens (primary N) is 1. The van der Waals surface area contributed by atoms with Gasteiger partial charge in [-0.2, -0.15) is 0 Å². The number of hydrogen-bond acceptors (Lipinski definition) is 3. The Labute approximate surface area is 105 Å². The number of aryl methyl sites for hydroxylation is 2. The second-order valence-electron chi connectivity index (χ2n) is 3.64. The van der Waals surface area contributed by atoms with Crippen molar-refractivity contribution in [2.24, 2.45) is 5.73 Å². The molecule has 0 aromatic heterocycles. The molecule has 0 bridgehead atoms. The predicted molar refractivity (Wildman–Crippen MR) is 65.2 cm³/mol. The van der Waals surface area contributed by atoms with Gasteiger partial charge >= 0.3 is 0 Å². The minimum absolute atomic E-state index is 0.115. The third-order valence-electron chi connectivity index (χ3n) is 2.45. The highest BCUT2D eigenvalue weighted by molar-refractivity contribution is 5.22. The van der Waals surface area contributed by atoms with Crippen LogP contribution in [-0.4, -0.2) is 28.9 Å². The van der Waals surface area contributed by atoms with Crippen LogP contribution in [-0.2, 0) is 12.8 Å². The van der Waals surface area contributed by atoms with Crippen LogP contribution in [0.5, 0.6) is 0 Å². The van der Waals surface area contributed by atoms with Gasteiger partial charge in [0.15, 0.2) is 0 Å². The van der Waals surface area contributed by atoms with Gasteiger partial charge in [-0.3, -0.25) is 0 Å². The van der Waals surface area contributed by atoms with E-state index >= 15 is 0 Å². The van der Waals surface area contributed by atoms with E-state index in [1.807, 2.05) is 0 Å². The molecule has 1 aromatic carbocycles. The van der Waals surface area contributed by atoms with Gasteiger partial charge in [0.25, 0.3) is 0 Å². The molecule has 0 radical (unpaired) electrons. The van der Waals surface area contributed by atoms with Crippen LogP contribution in [0.1, 0.15) is 32.7 Å². The highest BCUT2D eigenvalue weighted by atomic mass is 16.3. The van der Waals surface area contributed by atoms with Crippen molar-refractivity contribution in [2.45, 2.75) is 31.7 Å². The molecule has 0 saturated heterocycles. The summed E-state index contributed by atoms with van der Waals surface area (Å²) in [5.41, 5.74) is 4.24. The lowest BCUT2D eigenvalue weighted by Gasteiger charge is -2.24. The van der Waals surface area contributed by atoms with Gasteiger partial charge in [-0.25, -0.2) is 0 Å². The fraction of sp³-hybridized carbons (Fsp3) is 0.538. The molecular weight excluding hydrogens is 202 g/mol. The summed E-state index contributed by atoms with van der Waals surface area (Å²) in [6, 6.07) is 6.40. The first-order chi connectivity index (χ1) is 9.68. The van der Waals surface area contributed by atoms with Crippen LogP contribution in [0.15, 0.2) is 24.3 Å². The summed E-state index contributed by atoms with van der Waals surface area (Å²) in [7, 11) is 0. The Balaban J connectivity index is 2.92. The molecule has 0 aliphatic rings. The molecule has 4 N–H and O–H groups in total. The quantitative estimate of drug-likeness (QED) is 0.678. The Kier molecular flexibility index (Phi) is 2.52. The Bertz CT molecular complexity index is 487. The number of hydrogen-bond donors (Lipinski definition) is 3. The molecule has 1 aromatic rings. The third-order valence-corrected chi connectivity index (χ3v) is 2.45. The molecule has 0 atom stereocenters. The maximum absolute atomic E-state index is 9.46. The molecule has 3 nitrogen and oxygen atoms in total. The average molecular weight is 229 g/mol. The molecule has 0 aliphatic carbocycles. The van der Waals surface area contributed by atoms with Gasteiger partial charge in [-0.05, 0) is 30.3 Å². The summed E-state index contributed by atoms with van der Waals surface area (Å²) < 4.78 is 44.3. The van der Waals surface area contributed by atoms with E-state index in [0.717, 1.165) is 0 Å². The van der Waals surface area contributed by atoms with E-state index in [-0.39, 0.29) is 12.8 Å². The van der Waals surface area contributed by atoms with Crippen molar-refractivity contribution in [1.82, 2.24) is 0 Å². The fourth-order valence-corrected chi connectivity index (χ4v) is 1.32. The monoisotopic (exact) mass is 229 g/mol. The summed E-state index contributed by atoms with van der Waals surface area (Å²) >= 11 is 0. The van der Waals surface area contributed by atoms with E-state index in [9.17, 15) is 10.2 Å². The molecule has 3 heteroatoms. The van der Waals surface area contributed by atoms with Gasteiger partial charge in [0.05, 0.1) is 24.1 Å². The maximum Gasteiger partial charge on any atom is 0.0633 e. The predicted octanol–water partition coefficient (Wildman–Crippen LogP) is 0.864. The maximum atomic E-state index is 9.46. The van der Waals surface area contributed by atoms with Crippen LogP contribution in [0.3, 0.4) is 0 Å². The summed E-state index contributed by atoms with van der Waals surface area (Å²) in [5, 5.41) is 18.9. The first-order valence-electron chi connectivity index (χ1n) is 8.01. The molecule has 0 heterocycles. The summed E-state index contributed by atoms with van der Waals surface area (Å²) in [6.07, 6.45) is -1.70. The van der Waals surface area contributed by atoms with Gasteiger partial charge in [-0.15, -0.1) is 0 Å². The van der Waals surface area contributed by atoms with Crippen LogP contribution < -0.4 is 5.73 Å². The Morgan fingerprint density at radius 3 is 2.12 bits per heavy atom. The van der Waals surface area contributed by atoms with Crippen molar-refractivity contribution in [1.29, 1.82) is 0 Å². The van der Waals surface area contributed by atoms with Crippen molar-refractivity contribution in [3.05, 3.63) is 35.4 Å². The van der Waals surface area contributed by atoms with E-state index in [1.165, 1.54) is 6.92 Å². The molecule has 0 unspecified atom stereocenters. The zero-order chi connectivity index (χ0) is 17.4. The molecule has 0 fully saturated rings. The lowest BCUT2D eigenvalue weighted by Crippen LogP contribution is -2.47. The zero-order valence-electron chi connectivity index (χ0n) is 15.2. The first-order valence-corrected chi connectivity index (χ1v) is 5.01. The molecule has 0 aliphatic heterocycles. The van der Waals surface area contributed by atoms with Gasteiger partial charge in [-0.1, -0.05) is 31.2 Å². The largest absolute Gasteiger partial charge is 0.394 e. The van der Waals surface area contributed by atoms with Crippen molar-refractivity contribution in [3.63, 3.8) is 0 Å². The molecule has 16 heavy (non-hydrogen) atoms. The standard InChI is InChI=1S/C13H21NO2/c1-2-11-3-5-12(6-4-11)7-8-13(14,9-15)10-16/h3-6,15-16H,2,7-10,14H2,1H3/i2D2,9D2,10D2. The fourth-order valence-electron chi connectivity index (χ4n) is 1.32. The molecular formula is C13H21NO2. The SMILES string of the molecule is [2H]C([2H])(C)c1ccc(CCC(N)(C([2H])([2H])O)C([2H])([2H])O)cc1. The Hall–Kier alpha value is -0.900. The topological polar surface area (TPSA) is 66.5 Å². The first kappa shape index (κ1) is 6.74. The van der Waals surface area contributed by atoms with E-state index in [1.54, 1.807) is 24.3 Å². The molecule has 90 valence electrons. The van der Waals surface area contributed by atoms with Crippen LogP contribution in [0.25, 0.3) is 0 Å². The van der Waals surface area contributed by atoms with E-state index < -0.39 is 25.0 Å². The molecule has 0 spiro atoms. The van der Waals surface area contributed by atoms with Crippen molar-refractivity contribution in [2.75, 3.05) is 13.1 Å². The normalized spacial score (nSPS) is 20.0. The lowest BCUT2D eigenvalue weighted by atomic mass is 9.93. The van der Waals surface area contributed by atoms with Crippen LogP contribution >= 0.6 is 0 Å². The second-order valence-corrected chi connectivity index (χ2v) is 3.64. The van der Waals surface area contributed by atoms with Crippen molar-refractivity contribution >= 4 is 0 Å². The lowest BCUT2D eigenvalue weighted by molar-refractivity contribution is 0.115. The highest BCUT2D eigenvalue weighted by Gasteiger charge is 2.22. The minimum atomic E-state index is -3.11. The van der Waals surface area contributed by atoms with Gasteiger partial charge in [0, 0.05) is 2.74 Å². The Morgan fingerprint density at radius 2 is 1.69 bits per heavy atom. The smallest absolute Gasteiger partial charge is 0.0633 e. The number of benzene rings is 1. The molecule has 0 saturated carbocycles. The van der Waals surface area contributed by atoms with Gasteiger partial charge in [0.2, 0.25) is 0 Å². The van der Waals surface area contributed by atoms with Gasteiger partial charge < -0.3 is 15.9 Å². The molecule has 0 amide bonds. The van der Waals surface area contributed by atoms with E-state index in [2.05, 4.69) is 0 Å². The van der Waals surface area contributed by atoms with Crippen molar-refractivity contribution in [3.8, 4) is 0 Å². The minimum Gasteiger partial charge on any atom is -0.394 e. The van der Waals surface area contributed by atoms with Gasteiger partial charge in [0.1, 0.15) is 0 Å². The highest BCUT2D eigenvalue weighted by Crippen LogP contribution is 2.12. The van der Waals surface area contributed by atoms with Crippen LogP contribution in [0.4, 0.5) is 0 Å². The van der Waals surface area contributed by atoms with Crippen LogP contribution in [0, 0.1) is 0 Å². The summed E-state index contributed by atoms with van der Waals surface area (Å²) in [5.74, 6) is 0. The van der Waals surface area contributed by atoms with E-state index in [4.69, 9.17) is 14.0 Å². The third kappa shape index (κ3) is 3.59. The van der Waals surface area contributed by atoms with E-state index in [0.29, 0.717) is 11.1 Å².